The Kier molecular flexibility index (Phi) is 5.74. The van der Waals surface area contributed by atoms with Crippen LogP contribution in [0.1, 0.15) is 5.56 Å². The van der Waals surface area contributed by atoms with Gasteiger partial charge in [-0.25, -0.2) is 8.42 Å². The molecule has 128 valence electrons. The summed E-state index contributed by atoms with van der Waals surface area (Å²) in [7, 11) is -2.65. The van der Waals surface area contributed by atoms with Crippen LogP contribution in [-0.4, -0.2) is 28.0 Å². The van der Waals surface area contributed by atoms with Gasteiger partial charge < -0.3 is 10.1 Å². The molecule has 0 spiro atoms. The molecule has 0 fully saturated rings. The monoisotopic (exact) mass is 387 g/mol. The zero-order valence-corrected chi connectivity index (χ0v) is 15.3. The number of halogens is 2. The van der Waals surface area contributed by atoms with E-state index in [0.717, 1.165) is 5.56 Å². The van der Waals surface area contributed by atoms with Crippen LogP contribution in [0.5, 0.6) is 0 Å². The van der Waals surface area contributed by atoms with E-state index in [2.05, 4.69) is 10.1 Å². The number of aryl methyl sites for hydroxylation is 1. The van der Waals surface area contributed by atoms with Gasteiger partial charge in [0.05, 0.1) is 27.7 Å². The largest absolute Gasteiger partial charge is 0.468 e. The van der Waals surface area contributed by atoms with Crippen molar-refractivity contribution in [2.24, 2.45) is 0 Å². The number of esters is 1. The summed E-state index contributed by atoms with van der Waals surface area (Å²) >= 11 is 12.3. The number of hydrogen-bond donors (Lipinski definition) is 1. The smallest absolute Gasteiger partial charge is 0.325 e. The maximum atomic E-state index is 12.8. The van der Waals surface area contributed by atoms with Crippen LogP contribution in [0.3, 0.4) is 0 Å². The Hall–Kier alpha value is -1.76. The minimum absolute atomic E-state index is 0.00388. The first-order chi connectivity index (χ1) is 11.3. The predicted octanol–water partition coefficient (Wildman–Crippen LogP) is 3.72. The Bertz CT molecular complexity index is 864. The van der Waals surface area contributed by atoms with Gasteiger partial charge in [-0.1, -0.05) is 40.9 Å². The van der Waals surface area contributed by atoms with Gasteiger partial charge in [0.25, 0.3) is 0 Å². The summed E-state index contributed by atoms with van der Waals surface area (Å²) in [6.45, 7) is 1.70. The zero-order chi connectivity index (χ0) is 17.9. The Morgan fingerprint density at radius 1 is 1.12 bits per heavy atom. The Balaban J connectivity index is 2.49. The first kappa shape index (κ1) is 18.6. The van der Waals surface area contributed by atoms with Crippen molar-refractivity contribution in [3.63, 3.8) is 0 Å². The highest BCUT2D eigenvalue weighted by atomic mass is 35.5. The van der Waals surface area contributed by atoms with Crippen molar-refractivity contribution in [2.75, 3.05) is 19.0 Å². The van der Waals surface area contributed by atoms with Crippen LogP contribution in [0.15, 0.2) is 46.2 Å². The van der Waals surface area contributed by atoms with E-state index in [1.54, 1.807) is 12.1 Å². The number of ether oxygens (including phenoxy) is 1. The van der Waals surface area contributed by atoms with Gasteiger partial charge in [0.1, 0.15) is 11.4 Å². The number of carbonyl (C=O) groups is 1. The van der Waals surface area contributed by atoms with Crippen molar-refractivity contribution < 1.29 is 17.9 Å². The zero-order valence-electron chi connectivity index (χ0n) is 13.0. The summed E-state index contributed by atoms with van der Waals surface area (Å²) in [6.07, 6.45) is 0. The molecule has 24 heavy (non-hydrogen) atoms. The van der Waals surface area contributed by atoms with Gasteiger partial charge in [0, 0.05) is 0 Å². The maximum Gasteiger partial charge on any atom is 0.325 e. The van der Waals surface area contributed by atoms with Crippen LogP contribution >= 0.6 is 23.2 Å². The van der Waals surface area contributed by atoms with E-state index in [1.807, 2.05) is 6.92 Å². The molecular weight excluding hydrogens is 373 g/mol. The fraction of sp³-hybridized carbons (Fsp3) is 0.188. The fourth-order valence-electron chi connectivity index (χ4n) is 1.99. The average Bonchev–Trinajstić information content (AvgIpc) is 2.54. The van der Waals surface area contributed by atoms with Gasteiger partial charge in [-0.3, -0.25) is 4.79 Å². The van der Waals surface area contributed by atoms with Gasteiger partial charge in [0.15, 0.2) is 0 Å². The van der Waals surface area contributed by atoms with Gasteiger partial charge in [0.2, 0.25) is 9.84 Å². The van der Waals surface area contributed by atoms with E-state index in [4.69, 9.17) is 23.2 Å². The molecule has 8 heteroatoms. The number of carbonyl (C=O) groups excluding carboxylic acids is 1. The third-order valence-corrected chi connectivity index (χ3v) is 6.09. The second-order valence-electron chi connectivity index (χ2n) is 4.98. The summed E-state index contributed by atoms with van der Waals surface area (Å²) in [5.41, 5.74) is 1.21. The molecule has 0 aliphatic rings. The third kappa shape index (κ3) is 3.83. The molecule has 0 saturated heterocycles. The summed E-state index contributed by atoms with van der Waals surface area (Å²) < 4.78 is 30.2. The van der Waals surface area contributed by atoms with E-state index in [9.17, 15) is 13.2 Å². The highest BCUT2D eigenvalue weighted by molar-refractivity contribution is 7.91. The van der Waals surface area contributed by atoms with Crippen molar-refractivity contribution in [3.05, 3.63) is 52.0 Å². The van der Waals surface area contributed by atoms with Crippen molar-refractivity contribution in [2.45, 2.75) is 16.7 Å². The van der Waals surface area contributed by atoms with Crippen LogP contribution < -0.4 is 5.32 Å². The van der Waals surface area contributed by atoms with Gasteiger partial charge in [-0.15, -0.1) is 0 Å². The molecule has 2 rings (SSSR count). The van der Waals surface area contributed by atoms with Crippen LogP contribution in [0.2, 0.25) is 10.0 Å². The van der Waals surface area contributed by atoms with E-state index in [0.29, 0.717) is 0 Å². The Morgan fingerprint density at radius 2 is 1.75 bits per heavy atom. The Morgan fingerprint density at radius 3 is 2.33 bits per heavy atom. The second kappa shape index (κ2) is 7.42. The summed E-state index contributed by atoms with van der Waals surface area (Å²) in [5, 5.41) is 2.66. The number of sulfone groups is 1. The summed E-state index contributed by atoms with van der Waals surface area (Å²) in [6, 6.07) is 9.27. The highest BCUT2D eigenvalue weighted by Crippen LogP contribution is 2.38. The van der Waals surface area contributed by atoms with Gasteiger partial charge >= 0.3 is 5.97 Å². The second-order valence-corrected chi connectivity index (χ2v) is 7.66. The third-order valence-electron chi connectivity index (χ3n) is 3.30. The highest BCUT2D eigenvalue weighted by Gasteiger charge is 2.26. The lowest BCUT2D eigenvalue weighted by Crippen LogP contribution is -2.15. The normalized spacial score (nSPS) is 11.2. The van der Waals surface area contributed by atoms with E-state index in [1.165, 1.54) is 31.4 Å². The molecule has 0 amide bonds. The molecule has 0 unspecified atom stereocenters. The van der Waals surface area contributed by atoms with E-state index in [-0.39, 0.29) is 32.1 Å². The van der Waals surface area contributed by atoms with Gasteiger partial charge in [-0.2, -0.15) is 0 Å². The summed E-state index contributed by atoms with van der Waals surface area (Å²) in [5.74, 6) is -0.510. The Labute approximate surface area is 150 Å². The molecule has 5 nitrogen and oxygen atoms in total. The molecular formula is C16H15Cl2NO4S. The van der Waals surface area contributed by atoms with E-state index < -0.39 is 15.8 Å². The van der Waals surface area contributed by atoms with Crippen LogP contribution in [-0.2, 0) is 19.4 Å². The number of benzene rings is 2. The van der Waals surface area contributed by atoms with Crippen molar-refractivity contribution in [3.8, 4) is 0 Å². The number of methoxy groups -OCH3 is 1. The first-order valence-electron chi connectivity index (χ1n) is 6.88. The molecule has 0 aliphatic carbocycles. The number of anilines is 1. The first-order valence-corrected chi connectivity index (χ1v) is 9.11. The topological polar surface area (TPSA) is 72.5 Å². The lowest BCUT2D eigenvalue weighted by atomic mass is 10.2. The van der Waals surface area contributed by atoms with E-state index >= 15 is 0 Å². The quantitative estimate of drug-likeness (QED) is 0.791. The minimum atomic E-state index is -3.90. The van der Waals surface area contributed by atoms with Crippen LogP contribution in [0.25, 0.3) is 0 Å². The summed E-state index contributed by atoms with van der Waals surface area (Å²) in [4.78, 5) is 11.1. The minimum Gasteiger partial charge on any atom is -0.468 e. The van der Waals surface area contributed by atoms with Crippen molar-refractivity contribution in [1.82, 2.24) is 0 Å². The fourth-order valence-corrected chi connectivity index (χ4v) is 4.44. The molecule has 0 saturated carbocycles. The number of rotatable bonds is 5. The molecule has 2 aromatic rings. The maximum absolute atomic E-state index is 12.8. The van der Waals surface area contributed by atoms with Gasteiger partial charge in [-0.05, 0) is 31.2 Å². The van der Waals surface area contributed by atoms with Crippen LogP contribution in [0, 0.1) is 6.92 Å². The molecule has 0 atom stereocenters. The molecule has 0 aliphatic heterocycles. The predicted molar refractivity (Wildman–Crippen MR) is 93.6 cm³/mol. The lowest BCUT2D eigenvalue weighted by molar-refractivity contribution is -0.138. The molecule has 0 heterocycles. The standard InChI is InChI=1S/C16H15Cl2NO4S/c1-10-3-5-11(6-4-10)24(21,22)16-12(17)7-8-13(15(16)18)19-9-14(20)23-2/h3-8,19H,9H2,1-2H3. The average molecular weight is 388 g/mol. The van der Waals surface area contributed by atoms with Crippen LogP contribution in [0.4, 0.5) is 5.69 Å². The number of nitrogens with one attached hydrogen (secondary N) is 1. The molecule has 0 bridgehead atoms. The molecule has 1 N–H and O–H groups in total. The lowest BCUT2D eigenvalue weighted by Gasteiger charge is -2.13. The van der Waals surface area contributed by atoms with Crippen molar-refractivity contribution in [1.29, 1.82) is 0 Å². The molecule has 0 radical (unpaired) electrons. The molecule has 0 aromatic heterocycles. The molecule has 2 aromatic carbocycles. The number of hydrogen-bond acceptors (Lipinski definition) is 5. The van der Waals surface area contributed by atoms with Crippen molar-refractivity contribution >= 4 is 44.7 Å². The SMILES string of the molecule is COC(=O)CNc1ccc(Cl)c(S(=O)(=O)c2ccc(C)cc2)c1Cl.